The van der Waals surface area contributed by atoms with Gasteiger partial charge in [0.15, 0.2) is 0 Å². The van der Waals surface area contributed by atoms with Gasteiger partial charge in [-0.15, -0.1) is 0 Å². The maximum Gasteiger partial charge on any atom is 0.337 e. The van der Waals surface area contributed by atoms with Gasteiger partial charge < -0.3 is 10.4 Å². The zero-order chi connectivity index (χ0) is 14.0. The van der Waals surface area contributed by atoms with Crippen molar-refractivity contribution < 1.29 is 9.90 Å². The Morgan fingerprint density at radius 2 is 2.05 bits per heavy atom. The first-order valence-corrected chi connectivity index (χ1v) is 6.08. The van der Waals surface area contributed by atoms with Gasteiger partial charge in [-0.3, -0.25) is 0 Å². The van der Waals surface area contributed by atoms with E-state index in [1.165, 1.54) is 12.3 Å². The number of carboxylic acid groups (broad SMARTS) is 1. The van der Waals surface area contributed by atoms with E-state index < -0.39 is 5.97 Å². The Labute approximate surface area is 116 Å². The van der Waals surface area contributed by atoms with E-state index in [-0.39, 0.29) is 10.6 Å². The number of carboxylic acids is 1. The summed E-state index contributed by atoms with van der Waals surface area (Å²) in [7, 11) is 0. The zero-order valence-corrected chi connectivity index (χ0v) is 11.3. The van der Waals surface area contributed by atoms with Crippen LogP contribution in [0.15, 0.2) is 30.5 Å². The monoisotopic (exact) mass is 276 g/mol. The highest BCUT2D eigenvalue weighted by molar-refractivity contribution is 6.33. The van der Waals surface area contributed by atoms with Crippen LogP contribution in [0, 0.1) is 13.8 Å². The number of rotatable bonds is 3. The first-order chi connectivity index (χ1) is 8.97. The molecule has 98 valence electrons. The van der Waals surface area contributed by atoms with E-state index in [1.54, 1.807) is 0 Å². The predicted molar refractivity (Wildman–Crippen MR) is 75.4 cm³/mol. The van der Waals surface area contributed by atoms with Crippen molar-refractivity contribution in [2.75, 3.05) is 5.32 Å². The van der Waals surface area contributed by atoms with Crippen molar-refractivity contribution in [2.24, 2.45) is 0 Å². The van der Waals surface area contributed by atoms with Crippen molar-refractivity contribution in [1.29, 1.82) is 0 Å². The van der Waals surface area contributed by atoms with Crippen LogP contribution in [0.1, 0.15) is 21.5 Å². The number of hydrogen-bond acceptors (Lipinski definition) is 3. The molecule has 1 aromatic carbocycles. The highest BCUT2D eigenvalue weighted by atomic mass is 35.5. The Kier molecular flexibility index (Phi) is 3.71. The zero-order valence-electron chi connectivity index (χ0n) is 10.6. The quantitative estimate of drug-likeness (QED) is 0.895. The van der Waals surface area contributed by atoms with Crippen LogP contribution in [0.4, 0.5) is 11.5 Å². The fourth-order valence-electron chi connectivity index (χ4n) is 1.64. The molecule has 1 aromatic heterocycles. The Hall–Kier alpha value is -2.07. The third-order valence-electron chi connectivity index (χ3n) is 2.73. The van der Waals surface area contributed by atoms with Crippen molar-refractivity contribution in [3.8, 4) is 0 Å². The van der Waals surface area contributed by atoms with E-state index in [2.05, 4.69) is 10.3 Å². The van der Waals surface area contributed by atoms with Crippen LogP contribution in [-0.4, -0.2) is 16.1 Å². The van der Waals surface area contributed by atoms with Gasteiger partial charge in [-0.05, 0) is 37.1 Å². The third kappa shape index (κ3) is 3.03. The summed E-state index contributed by atoms with van der Waals surface area (Å²) in [5, 5.41) is 12.2. The van der Waals surface area contributed by atoms with Crippen molar-refractivity contribution in [3.05, 3.63) is 52.2 Å². The van der Waals surface area contributed by atoms with E-state index in [1.807, 2.05) is 32.0 Å². The van der Waals surface area contributed by atoms with Gasteiger partial charge in [0.05, 0.1) is 10.6 Å². The number of nitrogens with zero attached hydrogens (tertiary/aromatic N) is 1. The number of hydrogen-bond donors (Lipinski definition) is 2. The van der Waals surface area contributed by atoms with Crippen LogP contribution in [0.3, 0.4) is 0 Å². The molecule has 0 saturated carbocycles. The van der Waals surface area contributed by atoms with Crippen LogP contribution >= 0.6 is 11.6 Å². The van der Waals surface area contributed by atoms with E-state index in [4.69, 9.17) is 16.7 Å². The predicted octanol–water partition coefficient (Wildman–Crippen LogP) is 3.79. The lowest BCUT2D eigenvalue weighted by atomic mass is 10.1. The summed E-state index contributed by atoms with van der Waals surface area (Å²) in [5.74, 6) is -0.604. The molecule has 2 N–H and O–H groups in total. The summed E-state index contributed by atoms with van der Waals surface area (Å²) in [4.78, 5) is 14.8. The Balaban J connectivity index is 2.33. The first kappa shape index (κ1) is 13.4. The summed E-state index contributed by atoms with van der Waals surface area (Å²) in [5.41, 5.74) is 3.14. The second-order valence-electron chi connectivity index (χ2n) is 4.30. The molecular formula is C14H13ClN2O2. The molecule has 2 rings (SSSR count). The van der Waals surface area contributed by atoms with Crippen LogP contribution < -0.4 is 5.32 Å². The molecule has 0 aliphatic carbocycles. The summed E-state index contributed by atoms with van der Waals surface area (Å²) < 4.78 is 0. The molecule has 0 spiro atoms. The van der Waals surface area contributed by atoms with Crippen molar-refractivity contribution >= 4 is 29.1 Å². The first-order valence-electron chi connectivity index (χ1n) is 5.70. The molecule has 0 saturated heterocycles. The minimum absolute atomic E-state index is 0.0662. The average Bonchev–Trinajstić information content (AvgIpc) is 2.36. The minimum atomic E-state index is -1.05. The number of aromatic nitrogens is 1. The normalized spacial score (nSPS) is 10.3. The Morgan fingerprint density at radius 3 is 2.68 bits per heavy atom. The smallest absolute Gasteiger partial charge is 0.337 e. The number of benzene rings is 1. The molecule has 1 heterocycles. The molecule has 4 nitrogen and oxygen atoms in total. The van der Waals surface area contributed by atoms with Crippen LogP contribution in [0.25, 0.3) is 0 Å². The van der Waals surface area contributed by atoms with E-state index >= 15 is 0 Å². The molecule has 0 unspecified atom stereocenters. The fraction of sp³-hybridized carbons (Fsp3) is 0.143. The lowest BCUT2D eigenvalue weighted by Gasteiger charge is -2.11. The Bertz CT molecular complexity index is 641. The number of carbonyl (C=O) groups is 1. The van der Waals surface area contributed by atoms with E-state index in [0.29, 0.717) is 5.82 Å². The Morgan fingerprint density at radius 1 is 1.32 bits per heavy atom. The molecule has 5 heteroatoms. The van der Waals surface area contributed by atoms with Crippen LogP contribution in [-0.2, 0) is 0 Å². The molecule has 0 fully saturated rings. The molecule has 2 aromatic rings. The number of nitrogens with one attached hydrogen (secondary N) is 1. The second-order valence-corrected chi connectivity index (χ2v) is 4.71. The molecule has 0 radical (unpaired) electrons. The van der Waals surface area contributed by atoms with Gasteiger partial charge in [-0.25, -0.2) is 9.78 Å². The third-order valence-corrected chi connectivity index (χ3v) is 3.02. The molecule has 19 heavy (non-hydrogen) atoms. The van der Waals surface area contributed by atoms with Gasteiger partial charge in [0, 0.05) is 11.9 Å². The number of aromatic carboxylic acids is 1. The fourth-order valence-corrected chi connectivity index (χ4v) is 1.86. The average molecular weight is 277 g/mol. The number of anilines is 2. The number of halogens is 1. The van der Waals surface area contributed by atoms with Gasteiger partial charge in [0.1, 0.15) is 5.82 Å². The molecule has 0 atom stereocenters. The molecule has 0 bridgehead atoms. The van der Waals surface area contributed by atoms with Gasteiger partial charge in [-0.2, -0.15) is 0 Å². The summed E-state index contributed by atoms with van der Waals surface area (Å²) in [6.07, 6.45) is 1.28. The van der Waals surface area contributed by atoms with Crippen molar-refractivity contribution in [1.82, 2.24) is 4.98 Å². The molecule has 0 aliphatic rings. The molecule has 0 amide bonds. The topological polar surface area (TPSA) is 62.2 Å². The maximum absolute atomic E-state index is 10.8. The summed E-state index contributed by atoms with van der Waals surface area (Å²) in [6.45, 7) is 3.97. The van der Waals surface area contributed by atoms with E-state index in [9.17, 15) is 4.79 Å². The van der Waals surface area contributed by atoms with Crippen LogP contribution in [0.2, 0.25) is 5.02 Å². The second kappa shape index (κ2) is 5.28. The van der Waals surface area contributed by atoms with Crippen molar-refractivity contribution in [3.63, 3.8) is 0 Å². The van der Waals surface area contributed by atoms with Gasteiger partial charge in [-0.1, -0.05) is 23.7 Å². The maximum atomic E-state index is 10.8. The van der Waals surface area contributed by atoms with Gasteiger partial charge >= 0.3 is 5.97 Å². The lowest BCUT2D eigenvalue weighted by molar-refractivity contribution is 0.0696. The number of pyridine rings is 1. The summed E-state index contributed by atoms with van der Waals surface area (Å²) >= 11 is 6.03. The summed E-state index contributed by atoms with van der Waals surface area (Å²) in [6, 6.07) is 7.38. The molecule has 0 aliphatic heterocycles. The van der Waals surface area contributed by atoms with Crippen molar-refractivity contribution in [2.45, 2.75) is 13.8 Å². The van der Waals surface area contributed by atoms with Gasteiger partial charge in [0.2, 0.25) is 0 Å². The highest BCUT2D eigenvalue weighted by Crippen LogP contribution is 2.26. The van der Waals surface area contributed by atoms with Crippen LogP contribution in [0.5, 0.6) is 0 Å². The SMILES string of the molecule is Cc1ccc(C)c(Nc2ncc(C(=O)O)cc2Cl)c1. The largest absolute Gasteiger partial charge is 0.478 e. The standard InChI is InChI=1S/C14H13ClN2O2/c1-8-3-4-9(2)12(5-8)17-13-11(15)6-10(7-16-13)14(18)19/h3-7H,1-2H3,(H,16,17)(H,18,19). The van der Waals surface area contributed by atoms with Gasteiger partial charge in [0.25, 0.3) is 0 Å². The minimum Gasteiger partial charge on any atom is -0.478 e. The lowest BCUT2D eigenvalue weighted by Crippen LogP contribution is -2.01. The number of aryl methyl sites for hydroxylation is 2. The highest BCUT2D eigenvalue weighted by Gasteiger charge is 2.09. The van der Waals surface area contributed by atoms with E-state index in [0.717, 1.165) is 16.8 Å². The molecular weight excluding hydrogens is 264 g/mol.